The quantitative estimate of drug-likeness (QED) is 0.707. The number of likely N-dealkylation sites (N-methyl/N-ethyl adjacent to an activating group) is 1. The Labute approximate surface area is 167 Å². The van der Waals surface area contributed by atoms with Gasteiger partial charge in [0.2, 0.25) is 0 Å². The Morgan fingerprint density at radius 3 is 2.54 bits per heavy atom. The molecule has 2 rings (SSSR count). The van der Waals surface area contributed by atoms with Crippen LogP contribution in [0.5, 0.6) is 0 Å². The number of carbonyl (C=O) groups excluding carboxylic acids is 3. The lowest BCUT2D eigenvalue weighted by molar-refractivity contribution is -0.146. The van der Waals surface area contributed by atoms with Gasteiger partial charge >= 0.3 is 12.0 Å². The maximum Gasteiger partial charge on any atom is 0.326 e. The molecule has 0 aliphatic heterocycles. The highest BCUT2D eigenvalue weighted by Gasteiger charge is 2.14. The number of carbonyl (C=O) groups is 3. The summed E-state index contributed by atoms with van der Waals surface area (Å²) in [5.41, 5.74) is 2.50. The van der Waals surface area contributed by atoms with E-state index in [2.05, 4.69) is 20.8 Å². The molecule has 1 aromatic heterocycles. The maximum atomic E-state index is 11.9. The lowest BCUT2D eigenvalue weighted by Gasteiger charge is -2.16. The summed E-state index contributed by atoms with van der Waals surface area (Å²) in [5.74, 6) is -0.993. The zero-order valence-corrected chi connectivity index (χ0v) is 16.4. The first-order valence-electron chi connectivity index (χ1n) is 8.28. The van der Waals surface area contributed by atoms with Crippen molar-refractivity contribution in [1.29, 1.82) is 0 Å². The maximum absolute atomic E-state index is 11.9. The molecule has 148 valence electrons. The third-order valence-corrected chi connectivity index (χ3v) is 3.82. The van der Waals surface area contributed by atoms with E-state index in [1.165, 1.54) is 11.0 Å². The van der Waals surface area contributed by atoms with Crippen molar-refractivity contribution in [2.45, 2.75) is 13.8 Å². The first-order chi connectivity index (χ1) is 13.2. The number of nitrogens with one attached hydrogen (secondary N) is 2. The van der Waals surface area contributed by atoms with Gasteiger partial charge in [-0.1, -0.05) is 29.3 Å². The van der Waals surface area contributed by atoms with Crippen molar-refractivity contribution in [3.05, 3.63) is 46.6 Å². The molecular formula is C18H20ClN5O4. The van der Waals surface area contributed by atoms with Crippen LogP contribution < -0.4 is 15.5 Å². The molecule has 10 heteroatoms. The smallest absolute Gasteiger partial charge is 0.326 e. The molecule has 0 atom stereocenters. The molecule has 2 aromatic rings. The minimum Gasteiger partial charge on any atom is -0.454 e. The van der Waals surface area contributed by atoms with E-state index in [1.54, 1.807) is 19.2 Å². The number of imide groups is 1. The minimum atomic E-state index is -0.746. The zero-order chi connectivity index (χ0) is 20.7. The van der Waals surface area contributed by atoms with Crippen LogP contribution in [0.1, 0.15) is 11.1 Å². The average Bonchev–Trinajstić information content (AvgIpc) is 2.63. The van der Waals surface area contributed by atoms with E-state index in [9.17, 15) is 14.4 Å². The van der Waals surface area contributed by atoms with Gasteiger partial charge in [-0.15, -0.1) is 10.2 Å². The van der Waals surface area contributed by atoms with Crippen LogP contribution in [-0.2, 0) is 14.3 Å². The van der Waals surface area contributed by atoms with E-state index in [0.29, 0.717) is 11.5 Å². The number of urea groups is 1. The molecule has 1 aromatic carbocycles. The standard InChI is InChI=1S/C18H20ClN5O4/c1-11-4-5-13(12(2)8-11)20-18(27)21-16(25)10-28-17(26)9-24(3)15-7-6-14(19)22-23-15/h4-8H,9-10H2,1-3H3,(H2,20,21,25,27). The second-order valence-corrected chi connectivity index (χ2v) is 6.44. The highest BCUT2D eigenvalue weighted by Crippen LogP contribution is 2.15. The van der Waals surface area contributed by atoms with Gasteiger partial charge in [-0.2, -0.15) is 0 Å². The molecule has 0 spiro atoms. The van der Waals surface area contributed by atoms with Crippen molar-refractivity contribution in [2.24, 2.45) is 0 Å². The molecule has 0 fully saturated rings. The molecule has 3 amide bonds. The van der Waals surface area contributed by atoms with Crippen LogP contribution >= 0.6 is 11.6 Å². The first-order valence-corrected chi connectivity index (χ1v) is 8.66. The number of benzene rings is 1. The molecule has 0 saturated heterocycles. The van der Waals surface area contributed by atoms with Crippen molar-refractivity contribution < 1.29 is 19.1 Å². The van der Waals surface area contributed by atoms with Gasteiger partial charge in [0, 0.05) is 12.7 Å². The van der Waals surface area contributed by atoms with Crippen molar-refractivity contribution in [3.63, 3.8) is 0 Å². The van der Waals surface area contributed by atoms with Gasteiger partial charge in [0.1, 0.15) is 6.54 Å². The van der Waals surface area contributed by atoms with Crippen molar-refractivity contribution in [3.8, 4) is 0 Å². The van der Waals surface area contributed by atoms with E-state index >= 15 is 0 Å². The van der Waals surface area contributed by atoms with Gasteiger partial charge < -0.3 is 15.0 Å². The normalized spacial score (nSPS) is 10.1. The number of hydrogen-bond acceptors (Lipinski definition) is 7. The van der Waals surface area contributed by atoms with Gasteiger partial charge in [0.25, 0.3) is 5.91 Å². The summed E-state index contributed by atoms with van der Waals surface area (Å²) in [6, 6.07) is 7.90. The number of ether oxygens (including phenoxy) is 1. The topological polar surface area (TPSA) is 114 Å². The van der Waals surface area contributed by atoms with Gasteiger partial charge in [0.15, 0.2) is 17.6 Å². The van der Waals surface area contributed by atoms with Gasteiger partial charge in [-0.05, 0) is 37.6 Å². The molecule has 0 aliphatic carbocycles. The monoisotopic (exact) mass is 405 g/mol. The van der Waals surface area contributed by atoms with Crippen LogP contribution in [0.3, 0.4) is 0 Å². The fraction of sp³-hybridized carbons (Fsp3) is 0.278. The fourth-order valence-electron chi connectivity index (χ4n) is 2.25. The number of aryl methyl sites for hydroxylation is 2. The number of amides is 3. The third-order valence-electron chi connectivity index (χ3n) is 3.62. The largest absolute Gasteiger partial charge is 0.454 e. The van der Waals surface area contributed by atoms with E-state index in [4.69, 9.17) is 16.3 Å². The lowest BCUT2D eigenvalue weighted by atomic mass is 10.1. The molecule has 1 heterocycles. The highest BCUT2D eigenvalue weighted by atomic mass is 35.5. The Bertz CT molecular complexity index is 873. The van der Waals surface area contributed by atoms with Crippen LogP contribution in [0.25, 0.3) is 0 Å². The Morgan fingerprint density at radius 1 is 1.14 bits per heavy atom. The Morgan fingerprint density at radius 2 is 1.89 bits per heavy atom. The number of hydrogen-bond donors (Lipinski definition) is 2. The molecule has 0 bridgehead atoms. The minimum absolute atomic E-state index is 0.154. The summed E-state index contributed by atoms with van der Waals surface area (Å²) in [6.07, 6.45) is 0. The average molecular weight is 406 g/mol. The predicted octanol–water partition coefficient (Wildman–Crippen LogP) is 2.07. The van der Waals surface area contributed by atoms with E-state index < -0.39 is 24.5 Å². The van der Waals surface area contributed by atoms with Gasteiger partial charge in [-0.3, -0.25) is 14.9 Å². The van der Waals surface area contributed by atoms with Crippen LogP contribution in [0.15, 0.2) is 30.3 Å². The van der Waals surface area contributed by atoms with E-state index in [0.717, 1.165) is 11.1 Å². The predicted molar refractivity (Wildman–Crippen MR) is 104 cm³/mol. The second kappa shape index (κ2) is 9.65. The summed E-state index contributed by atoms with van der Waals surface area (Å²) >= 11 is 5.65. The number of rotatable bonds is 6. The zero-order valence-electron chi connectivity index (χ0n) is 15.7. The molecule has 9 nitrogen and oxygen atoms in total. The number of nitrogens with zero attached hydrogens (tertiary/aromatic N) is 3. The summed E-state index contributed by atoms with van der Waals surface area (Å²) in [4.78, 5) is 37.0. The third kappa shape index (κ3) is 6.51. The highest BCUT2D eigenvalue weighted by molar-refractivity contribution is 6.29. The Hall–Kier alpha value is -3.20. The van der Waals surface area contributed by atoms with Crippen LogP contribution in [0, 0.1) is 13.8 Å². The molecule has 2 N–H and O–H groups in total. The number of halogens is 1. The van der Waals surface area contributed by atoms with Gasteiger partial charge in [-0.25, -0.2) is 4.79 Å². The summed E-state index contributed by atoms with van der Waals surface area (Å²) in [5, 5.41) is 12.4. The molecule has 28 heavy (non-hydrogen) atoms. The number of aromatic nitrogens is 2. The second-order valence-electron chi connectivity index (χ2n) is 6.05. The van der Waals surface area contributed by atoms with Crippen molar-refractivity contribution in [1.82, 2.24) is 15.5 Å². The molecule has 0 aliphatic rings. The summed E-state index contributed by atoms with van der Waals surface area (Å²) in [6.45, 7) is 3.04. The first kappa shape index (κ1) is 21.1. The number of esters is 1. The molecular weight excluding hydrogens is 386 g/mol. The fourth-order valence-corrected chi connectivity index (χ4v) is 2.35. The molecule has 0 saturated carbocycles. The van der Waals surface area contributed by atoms with Crippen molar-refractivity contribution >= 4 is 41.0 Å². The van der Waals surface area contributed by atoms with E-state index in [-0.39, 0.29) is 11.7 Å². The summed E-state index contributed by atoms with van der Waals surface area (Å²) < 4.78 is 4.86. The van der Waals surface area contributed by atoms with Crippen LogP contribution in [0.2, 0.25) is 5.15 Å². The Balaban J connectivity index is 1.75. The van der Waals surface area contributed by atoms with Crippen LogP contribution in [0.4, 0.5) is 16.3 Å². The molecule has 0 unspecified atom stereocenters. The van der Waals surface area contributed by atoms with Crippen LogP contribution in [-0.4, -0.2) is 48.3 Å². The van der Waals surface area contributed by atoms with Gasteiger partial charge in [0.05, 0.1) is 0 Å². The lowest BCUT2D eigenvalue weighted by Crippen LogP contribution is -2.38. The Kier molecular flexibility index (Phi) is 7.28. The summed E-state index contributed by atoms with van der Waals surface area (Å²) in [7, 11) is 1.61. The van der Waals surface area contributed by atoms with E-state index in [1.807, 2.05) is 26.0 Å². The number of anilines is 2. The SMILES string of the molecule is Cc1ccc(NC(=O)NC(=O)COC(=O)CN(C)c2ccc(Cl)nn2)c(C)c1. The molecule has 0 radical (unpaired) electrons. The van der Waals surface area contributed by atoms with Crippen molar-refractivity contribution in [2.75, 3.05) is 30.4 Å².